The van der Waals surface area contributed by atoms with Gasteiger partial charge in [-0.2, -0.15) is 0 Å². The summed E-state index contributed by atoms with van der Waals surface area (Å²) < 4.78 is 32.5. The van der Waals surface area contributed by atoms with Crippen molar-refractivity contribution in [1.29, 1.82) is 0 Å². The van der Waals surface area contributed by atoms with Crippen LogP contribution in [0.2, 0.25) is 0 Å². The van der Waals surface area contributed by atoms with Crippen LogP contribution >= 0.6 is 0 Å². The van der Waals surface area contributed by atoms with Gasteiger partial charge in [-0.05, 0) is 53.4 Å². The van der Waals surface area contributed by atoms with Gasteiger partial charge >= 0.3 is 11.9 Å². The highest BCUT2D eigenvalue weighted by molar-refractivity contribution is 5.87. The fourth-order valence-electron chi connectivity index (χ4n) is 2.34. The summed E-state index contributed by atoms with van der Waals surface area (Å²) in [5.41, 5.74) is 0. The zero-order valence-corrected chi connectivity index (χ0v) is 17.3. The lowest BCUT2D eigenvalue weighted by Gasteiger charge is -2.16. The highest BCUT2D eigenvalue weighted by Crippen LogP contribution is 2.15. The number of rotatable bonds is 4. The predicted octanol–water partition coefficient (Wildman–Crippen LogP) is 3.22. The molecule has 0 saturated carbocycles. The Kier molecular flexibility index (Phi) is 11.6. The van der Waals surface area contributed by atoms with E-state index in [-0.39, 0.29) is 24.7 Å². The van der Waals surface area contributed by atoms with E-state index in [0.717, 1.165) is 0 Å². The molecular weight excluding hydrogens is 368 g/mol. The molecule has 0 aliphatic carbocycles. The third-order valence-electron chi connectivity index (χ3n) is 3.77. The Balaban J connectivity index is 2.77. The van der Waals surface area contributed by atoms with Crippen molar-refractivity contribution in [2.45, 2.75) is 53.4 Å². The maximum absolute atomic E-state index is 12.1. The lowest BCUT2D eigenvalue weighted by molar-refractivity contribution is -0.143. The first-order chi connectivity index (χ1) is 13.5. The van der Waals surface area contributed by atoms with Crippen molar-refractivity contribution < 1.29 is 38.0 Å². The second-order valence-electron chi connectivity index (χ2n) is 6.02. The standard InChI is InChI=1S/C20H32O8/c1-5-23-19(21)17-15(3)25-11-8-10-14-28-18(20(22)24-6-2)16(4)26-12-7-9-13-27-17/h5-14H2,1-4H3/b17-15-,18-16-. The van der Waals surface area contributed by atoms with Crippen LogP contribution in [0.3, 0.4) is 0 Å². The molecule has 0 fully saturated rings. The van der Waals surface area contributed by atoms with E-state index in [1.807, 2.05) is 0 Å². The first kappa shape index (κ1) is 23.7. The summed E-state index contributed by atoms with van der Waals surface area (Å²) in [7, 11) is 0. The number of hydrogen-bond donors (Lipinski definition) is 0. The molecule has 1 rings (SSSR count). The Hall–Kier alpha value is -2.38. The summed E-state index contributed by atoms with van der Waals surface area (Å²) in [5, 5.41) is 0. The van der Waals surface area contributed by atoms with Crippen molar-refractivity contribution in [2.24, 2.45) is 0 Å². The van der Waals surface area contributed by atoms with E-state index >= 15 is 0 Å². The van der Waals surface area contributed by atoms with Crippen LogP contribution in [0.5, 0.6) is 0 Å². The lowest BCUT2D eigenvalue weighted by Crippen LogP contribution is -2.16. The van der Waals surface area contributed by atoms with Gasteiger partial charge in [0.15, 0.2) is 0 Å². The molecule has 160 valence electrons. The minimum Gasteiger partial charge on any atom is -0.494 e. The second-order valence-corrected chi connectivity index (χ2v) is 6.02. The van der Waals surface area contributed by atoms with Crippen LogP contribution in [0.4, 0.5) is 0 Å². The van der Waals surface area contributed by atoms with E-state index in [1.54, 1.807) is 27.7 Å². The summed E-state index contributed by atoms with van der Waals surface area (Å²) in [5.74, 6) is -0.0629. The van der Waals surface area contributed by atoms with Gasteiger partial charge in [0, 0.05) is 0 Å². The molecule has 0 saturated heterocycles. The normalized spacial score (nSPS) is 22.7. The van der Waals surface area contributed by atoms with Gasteiger partial charge in [0.25, 0.3) is 0 Å². The molecule has 1 aliphatic heterocycles. The van der Waals surface area contributed by atoms with Crippen molar-refractivity contribution >= 4 is 11.9 Å². The third kappa shape index (κ3) is 8.54. The van der Waals surface area contributed by atoms with E-state index in [2.05, 4.69) is 0 Å². The molecule has 0 aromatic heterocycles. The van der Waals surface area contributed by atoms with E-state index in [9.17, 15) is 9.59 Å². The smallest absolute Gasteiger partial charge is 0.377 e. The monoisotopic (exact) mass is 400 g/mol. The number of allylic oxidation sites excluding steroid dienone is 2. The molecule has 8 nitrogen and oxygen atoms in total. The van der Waals surface area contributed by atoms with Crippen LogP contribution in [-0.4, -0.2) is 51.6 Å². The van der Waals surface area contributed by atoms with Gasteiger partial charge in [0.2, 0.25) is 11.5 Å². The summed E-state index contributed by atoms with van der Waals surface area (Å²) in [6.45, 7) is 8.77. The third-order valence-corrected chi connectivity index (χ3v) is 3.77. The number of esters is 2. The molecule has 0 unspecified atom stereocenters. The molecule has 1 aliphatic rings. The van der Waals surface area contributed by atoms with Crippen LogP contribution < -0.4 is 0 Å². The average molecular weight is 400 g/mol. The lowest BCUT2D eigenvalue weighted by atomic mass is 10.3. The van der Waals surface area contributed by atoms with E-state index in [4.69, 9.17) is 28.4 Å². The Morgan fingerprint density at radius 1 is 0.679 bits per heavy atom. The molecule has 0 aromatic rings. The van der Waals surface area contributed by atoms with Crippen molar-refractivity contribution in [3.8, 4) is 0 Å². The van der Waals surface area contributed by atoms with Crippen LogP contribution in [-0.2, 0) is 38.0 Å². The van der Waals surface area contributed by atoms with E-state index in [0.29, 0.717) is 63.6 Å². The van der Waals surface area contributed by atoms with Crippen LogP contribution in [0.25, 0.3) is 0 Å². The number of carbonyl (C=O) groups excluding carboxylic acids is 2. The first-order valence-corrected chi connectivity index (χ1v) is 9.78. The molecule has 0 atom stereocenters. The van der Waals surface area contributed by atoms with Crippen molar-refractivity contribution in [3.63, 3.8) is 0 Å². The van der Waals surface area contributed by atoms with Crippen LogP contribution in [0.1, 0.15) is 53.4 Å². The van der Waals surface area contributed by atoms with Crippen molar-refractivity contribution in [3.05, 3.63) is 23.0 Å². The number of ether oxygens (including phenoxy) is 6. The number of carbonyl (C=O) groups is 2. The Morgan fingerprint density at radius 2 is 1.00 bits per heavy atom. The predicted molar refractivity (Wildman–Crippen MR) is 101 cm³/mol. The Morgan fingerprint density at radius 3 is 1.32 bits per heavy atom. The van der Waals surface area contributed by atoms with Gasteiger partial charge in [-0.1, -0.05) is 0 Å². The minimum atomic E-state index is -0.529. The quantitative estimate of drug-likeness (QED) is 0.665. The van der Waals surface area contributed by atoms with Crippen molar-refractivity contribution in [2.75, 3.05) is 39.6 Å². The SMILES string of the molecule is CCOC(=O)/C1=C(\C)OCCCCO/C(C(=O)OCC)=C(/C)OCCCCO1. The molecule has 0 bridgehead atoms. The highest BCUT2D eigenvalue weighted by atomic mass is 16.6. The van der Waals surface area contributed by atoms with E-state index in [1.165, 1.54) is 0 Å². The second kappa shape index (κ2) is 13.7. The van der Waals surface area contributed by atoms with Gasteiger partial charge in [0.05, 0.1) is 39.6 Å². The summed E-state index contributed by atoms with van der Waals surface area (Å²) >= 11 is 0. The molecule has 1 heterocycles. The largest absolute Gasteiger partial charge is 0.494 e. The molecular formula is C20H32O8. The first-order valence-electron chi connectivity index (χ1n) is 9.78. The zero-order chi connectivity index (χ0) is 20.8. The molecule has 0 radical (unpaired) electrons. The molecule has 0 N–H and O–H groups in total. The van der Waals surface area contributed by atoms with Gasteiger partial charge in [-0.15, -0.1) is 0 Å². The molecule has 28 heavy (non-hydrogen) atoms. The highest BCUT2D eigenvalue weighted by Gasteiger charge is 2.19. The summed E-state index contributed by atoms with van der Waals surface area (Å²) in [6.07, 6.45) is 2.64. The fourth-order valence-corrected chi connectivity index (χ4v) is 2.34. The van der Waals surface area contributed by atoms with Crippen LogP contribution in [0, 0.1) is 0 Å². The molecule has 0 amide bonds. The van der Waals surface area contributed by atoms with Gasteiger partial charge in [0.1, 0.15) is 11.5 Å². The maximum Gasteiger partial charge on any atom is 0.377 e. The molecule has 8 heteroatoms. The summed E-state index contributed by atoms with van der Waals surface area (Å²) in [6, 6.07) is 0. The minimum absolute atomic E-state index is 0.104. The van der Waals surface area contributed by atoms with Gasteiger partial charge in [-0.25, -0.2) is 9.59 Å². The molecule has 0 aromatic carbocycles. The van der Waals surface area contributed by atoms with Gasteiger partial charge in [-0.3, -0.25) is 0 Å². The zero-order valence-electron chi connectivity index (χ0n) is 17.3. The topological polar surface area (TPSA) is 89.5 Å². The van der Waals surface area contributed by atoms with Gasteiger partial charge < -0.3 is 28.4 Å². The van der Waals surface area contributed by atoms with Crippen LogP contribution in [0.15, 0.2) is 23.0 Å². The Bertz CT molecular complexity index is 515. The summed E-state index contributed by atoms with van der Waals surface area (Å²) in [4.78, 5) is 24.1. The average Bonchev–Trinajstić information content (AvgIpc) is 2.65. The van der Waals surface area contributed by atoms with E-state index < -0.39 is 11.9 Å². The maximum atomic E-state index is 12.1. The Labute approximate surface area is 166 Å². The number of hydrogen-bond acceptors (Lipinski definition) is 8. The molecule has 0 spiro atoms. The van der Waals surface area contributed by atoms with Crippen molar-refractivity contribution in [1.82, 2.24) is 0 Å². The fraction of sp³-hybridized carbons (Fsp3) is 0.700.